The molecule has 2 aliphatic rings. The predicted molar refractivity (Wildman–Crippen MR) is 161 cm³/mol. The number of rotatable bonds is 7. The molecule has 0 unspecified atom stereocenters. The lowest BCUT2D eigenvalue weighted by Crippen LogP contribution is -2.40. The zero-order valence-corrected chi connectivity index (χ0v) is 24.3. The number of amides is 1. The Bertz CT molecular complexity index is 1780. The summed E-state index contributed by atoms with van der Waals surface area (Å²) in [7, 11) is -1.99. The lowest BCUT2D eigenvalue weighted by atomic mass is 10.0. The smallest absolute Gasteiger partial charge is 0.258 e. The van der Waals surface area contributed by atoms with Crippen molar-refractivity contribution in [2.24, 2.45) is 0 Å². The van der Waals surface area contributed by atoms with Gasteiger partial charge in [0.05, 0.1) is 30.3 Å². The van der Waals surface area contributed by atoms with Gasteiger partial charge in [-0.25, -0.2) is 8.42 Å². The maximum atomic E-state index is 13.4. The third-order valence-electron chi connectivity index (χ3n) is 7.96. The quantitative estimate of drug-likeness (QED) is 0.296. The van der Waals surface area contributed by atoms with E-state index in [4.69, 9.17) is 9.47 Å². The molecule has 1 amide bonds. The normalized spacial score (nSPS) is 17.0. The fraction of sp³-hybridized carbons (Fsp3) is 0.281. The van der Waals surface area contributed by atoms with Gasteiger partial charge >= 0.3 is 0 Å². The SMILES string of the molecule is Cc1ccc(OCCn2cc(/C=C3\C(=O)N(C)c4ccc(S(=O)(=O)N5CCOCC5)cc43)c3ccccc32)cc1C. The molecule has 0 bridgehead atoms. The Labute approximate surface area is 240 Å². The van der Waals surface area contributed by atoms with E-state index in [1.54, 1.807) is 30.1 Å². The van der Waals surface area contributed by atoms with E-state index in [-0.39, 0.29) is 10.8 Å². The molecular weight excluding hydrogens is 538 g/mol. The van der Waals surface area contributed by atoms with E-state index in [1.807, 2.05) is 42.6 Å². The van der Waals surface area contributed by atoms with E-state index in [2.05, 4.69) is 30.5 Å². The molecule has 3 aromatic carbocycles. The van der Waals surface area contributed by atoms with Gasteiger partial charge in [0.25, 0.3) is 5.91 Å². The fourth-order valence-electron chi connectivity index (χ4n) is 5.46. The first kappa shape index (κ1) is 27.3. The first-order valence-electron chi connectivity index (χ1n) is 13.7. The Hall–Kier alpha value is -3.92. The molecule has 0 spiro atoms. The summed E-state index contributed by atoms with van der Waals surface area (Å²) in [5.74, 6) is 0.668. The van der Waals surface area contributed by atoms with Crippen LogP contribution in [0, 0.1) is 13.8 Å². The van der Waals surface area contributed by atoms with E-state index >= 15 is 0 Å². The van der Waals surface area contributed by atoms with Gasteiger partial charge < -0.3 is 18.9 Å². The molecule has 8 nitrogen and oxygen atoms in total. The first-order valence-corrected chi connectivity index (χ1v) is 15.2. The third-order valence-corrected chi connectivity index (χ3v) is 9.86. The number of hydrogen-bond acceptors (Lipinski definition) is 5. The minimum absolute atomic E-state index is 0.171. The number of nitrogens with zero attached hydrogens (tertiary/aromatic N) is 3. The zero-order valence-electron chi connectivity index (χ0n) is 23.5. The molecular formula is C32H33N3O5S. The van der Waals surface area contributed by atoms with Gasteiger partial charge in [0.2, 0.25) is 10.0 Å². The van der Waals surface area contributed by atoms with Crippen LogP contribution in [0.4, 0.5) is 5.69 Å². The number of para-hydroxylation sites is 1. The Balaban J connectivity index is 1.33. The number of ether oxygens (including phenoxy) is 2. The highest BCUT2D eigenvalue weighted by Gasteiger charge is 2.33. The van der Waals surface area contributed by atoms with Crippen molar-refractivity contribution in [1.82, 2.24) is 8.87 Å². The molecule has 1 fully saturated rings. The average Bonchev–Trinajstić information content (AvgIpc) is 3.45. The summed E-state index contributed by atoms with van der Waals surface area (Å²) in [6.45, 7) is 6.64. The van der Waals surface area contributed by atoms with Crippen LogP contribution < -0.4 is 9.64 Å². The van der Waals surface area contributed by atoms with Gasteiger partial charge in [-0.2, -0.15) is 4.31 Å². The van der Waals surface area contributed by atoms with Crippen LogP contribution in [0.3, 0.4) is 0 Å². The number of aryl methyl sites for hydroxylation is 2. The lowest BCUT2D eigenvalue weighted by molar-refractivity contribution is -0.112. The highest BCUT2D eigenvalue weighted by molar-refractivity contribution is 7.89. The molecule has 212 valence electrons. The van der Waals surface area contributed by atoms with Gasteiger partial charge in [-0.15, -0.1) is 0 Å². The van der Waals surface area contributed by atoms with Gasteiger partial charge in [0.1, 0.15) is 12.4 Å². The Morgan fingerprint density at radius 2 is 1.76 bits per heavy atom. The number of carbonyl (C=O) groups is 1. The van der Waals surface area contributed by atoms with Crippen LogP contribution in [-0.2, 0) is 26.1 Å². The molecule has 0 atom stereocenters. The number of aromatic nitrogens is 1. The van der Waals surface area contributed by atoms with E-state index in [0.717, 1.165) is 22.2 Å². The van der Waals surface area contributed by atoms with Crippen molar-refractivity contribution in [2.45, 2.75) is 25.3 Å². The molecule has 0 N–H and O–H groups in total. The van der Waals surface area contributed by atoms with Crippen LogP contribution in [0.5, 0.6) is 5.75 Å². The topological polar surface area (TPSA) is 81.1 Å². The molecule has 0 radical (unpaired) electrons. The number of fused-ring (bicyclic) bond motifs is 2. The molecule has 6 rings (SSSR count). The van der Waals surface area contributed by atoms with Crippen LogP contribution in [0.25, 0.3) is 22.6 Å². The Morgan fingerprint density at radius 1 is 0.976 bits per heavy atom. The monoisotopic (exact) mass is 571 g/mol. The highest BCUT2D eigenvalue weighted by Crippen LogP contribution is 2.39. The van der Waals surface area contributed by atoms with Crippen LogP contribution >= 0.6 is 0 Å². The van der Waals surface area contributed by atoms with Crippen LogP contribution in [0.1, 0.15) is 22.3 Å². The summed E-state index contributed by atoms with van der Waals surface area (Å²) in [5.41, 5.74) is 6.11. The van der Waals surface area contributed by atoms with Crippen molar-refractivity contribution in [1.29, 1.82) is 0 Å². The van der Waals surface area contributed by atoms with Gasteiger partial charge in [0, 0.05) is 53.9 Å². The number of hydrogen-bond donors (Lipinski definition) is 0. The summed E-state index contributed by atoms with van der Waals surface area (Å²) in [4.78, 5) is 15.2. The number of anilines is 1. The van der Waals surface area contributed by atoms with Gasteiger partial charge in [-0.3, -0.25) is 4.79 Å². The predicted octanol–water partition coefficient (Wildman–Crippen LogP) is 4.88. The van der Waals surface area contributed by atoms with Gasteiger partial charge in [-0.05, 0) is 67.4 Å². The second-order valence-electron chi connectivity index (χ2n) is 10.5. The molecule has 3 heterocycles. The Kier molecular flexibility index (Phi) is 7.19. The molecule has 41 heavy (non-hydrogen) atoms. The number of sulfonamides is 1. The summed E-state index contributed by atoms with van der Waals surface area (Å²) < 4.78 is 41.7. The van der Waals surface area contributed by atoms with Crippen molar-refractivity contribution in [3.05, 3.63) is 89.1 Å². The van der Waals surface area contributed by atoms with E-state index < -0.39 is 10.0 Å². The standard InChI is InChI=1S/C32H33N3O5S/c1-22-8-9-25(18-23(22)2)40-17-12-34-21-24(27-6-4-5-7-31(27)34)19-29-28-20-26(10-11-30(28)33(3)32(29)36)41(37,38)35-13-15-39-16-14-35/h4-11,18-21H,12-17H2,1-3H3/b29-19-. The van der Waals surface area contributed by atoms with Crippen LogP contribution in [-0.4, -0.2) is 63.2 Å². The van der Waals surface area contributed by atoms with Crippen molar-refractivity contribution in [3.8, 4) is 5.75 Å². The largest absolute Gasteiger partial charge is 0.492 e. The van der Waals surface area contributed by atoms with Crippen molar-refractivity contribution < 1.29 is 22.7 Å². The average molecular weight is 572 g/mol. The second-order valence-corrected chi connectivity index (χ2v) is 12.4. The van der Waals surface area contributed by atoms with Gasteiger partial charge in [-0.1, -0.05) is 24.3 Å². The Morgan fingerprint density at radius 3 is 2.54 bits per heavy atom. The maximum Gasteiger partial charge on any atom is 0.258 e. The number of likely N-dealkylation sites (N-methyl/N-ethyl adjacent to an activating group) is 1. The molecule has 0 saturated carbocycles. The molecule has 1 aromatic heterocycles. The molecule has 1 saturated heterocycles. The second kappa shape index (κ2) is 10.8. The number of morpholine rings is 1. The van der Waals surface area contributed by atoms with Crippen LogP contribution in [0.2, 0.25) is 0 Å². The molecule has 2 aliphatic heterocycles. The fourth-order valence-corrected chi connectivity index (χ4v) is 6.90. The van der Waals surface area contributed by atoms with Gasteiger partial charge in [0.15, 0.2) is 0 Å². The van der Waals surface area contributed by atoms with E-state index in [0.29, 0.717) is 56.3 Å². The summed E-state index contributed by atoms with van der Waals surface area (Å²) in [6.07, 6.45) is 3.90. The molecule has 9 heteroatoms. The van der Waals surface area contributed by atoms with Crippen molar-refractivity contribution in [2.75, 3.05) is 44.9 Å². The molecule has 0 aliphatic carbocycles. The summed E-state index contributed by atoms with van der Waals surface area (Å²) in [5, 5.41) is 1.01. The van der Waals surface area contributed by atoms with Crippen LogP contribution in [0.15, 0.2) is 71.8 Å². The first-order chi connectivity index (χ1) is 19.7. The minimum Gasteiger partial charge on any atom is -0.492 e. The van der Waals surface area contributed by atoms with Crippen molar-refractivity contribution >= 4 is 44.2 Å². The zero-order chi connectivity index (χ0) is 28.7. The van der Waals surface area contributed by atoms with E-state index in [9.17, 15) is 13.2 Å². The third kappa shape index (κ3) is 5.05. The highest BCUT2D eigenvalue weighted by atomic mass is 32.2. The maximum absolute atomic E-state index is 13.4. The minimum atomic E-state index is -3.71. The van der Waals surface area contributed by atoms with E-state index in [1.165, 1.54) is 15.4 Å². The summed E-state index contributed by atoms with van der Waals surface area (Å²) >= 11 is 0. The lowest BCUT2D eigenvalue weighted by Gasteiger charge is -2.26. The number of benzene rings is 3. The summed E-state index contributed by atoms with van der Waals surface area (Å²) in [6, 6.07) is 19.1. The molecule has 4 aromatic rings. The number of carbonyl (C=O) groups excluding carboxylic acids is 1. The van der Waals surface area contributed by atoms with Crippen molar-refractivity contribution in [3.63, 3.8) is 0 Å².